The van der Waals surface area contributed by atoms with Crippen molar-refractivity contribution in [2.24, 2.45) is 0 Å². The number of carboxylic acids is 1. The zero-order valence-electron chi connectivity index (χ0n) is 17.4. The summed E-state index contributed by atoms with van der Waals surface area (Å²) in [5, 5.41) is 12.3. The minimum atomic E-state index is -4.18. The van der Waals surface area contributed by atoms with Crippen LogP contribution in [0, 0.1) is 0 Å². The third-order valence-corrected chi connectivity index (χ3v) is 8.02. The number of nitrogens with zero attached hydrogens (tertiary/aromatic N) is 1. The molecule has 10 heteroatoms. The summed E-state index contributed by atoms with van der Waals surface area (Å²) in [6.07, 6.45) is 1.77. The molecule has 1 unspecified atom stereocenters. The Balaban J connectivity index is 1.99. The average Bonchev–Trinajstić information content (AvgIpc) is 2.75. The number of amides is 1. The van der Waals surface area contributed by atoms with Crippen molar-refractivity contribution in [1.29, 1.82) is 0 Å². The van der Waals surface area contributed by atoms with Crippen LogP contribution in [0.2, 0.25) is 10.0 Å². The number of benzene rings is 2. The molecule has 2 aromatic carbocycles. The van der Waals surface area contributed by atoms with Crippen LogP contribution < -0.4 is 5.32 Å². The summed E-state index contributed by atoms with van der Waals surface area (Å²) >= 11 is 12.1. The summed E-state index contributed by atoms with van der Waals surface area (Å²) in [5.41, 5.74) is 1.60. The Bertz CT molecular complexity index is 1120. The molecule has 2 atom stereocenters. The molecule has 2 aromatic rings. The van der Waals surface area contributed by atoms with Crippen molar-refractivity contribution in [3.05, 3.63) is 63.6 Å². The first-order chi connectivity index (χ1) is 15.1. The molecule has 3 rings (SSSR count). The molecule has 0 bridgehead atoms. The van der Waals surface area contributed by atoms with Gasteiger partial charge in [0.15, 0.2) is 0 Å². The van der Waals surface area contributed by atoms with Gasteiger partial charge < -0.3 is 10.4 Å². The molecule has 1 aliphatic rings. The van der Waals surface area contributed by atoms with Gasteiger partial charge in [0.2, 0.25) is 15.9 Å². The fraction of sp³-hybridized carbons (Fsp3) is 0.364. The SMILES string of the molecule is CCCCC(NC(=O)[C@@H]1Cc2ccccc2CN1S(=O)(=O)c1ccc(Cl)cc1Cl)C(=O)O. The lowest BCUT2D eigenvalue weighted by molar-refractivity contribution is -0.142. The van der Waals surface area contributed by atoms with Gasteiger partial charge in [0.05, 0.1) is 5.02 Å². The Hall–Kier alpha value is -2.13. The molecule has 0 saturated heterocycles. The molecule has 0 spiro atoms. The second-order valence-electron chi connectivity index (χ2n) is 7.66. The minimum Gasteiger partial charge on any atom is -0.480 e. The summed E-state index contributed by atoms with van der Waals surface area (Å²) in [5.74, 6) is -1.81. The van der Waals surface area contributed by atoms with Crippen molar-refractivity contribution in [2.45, 2.75) is 56.1 Å². The van der Waals surface area contributed by atoms with Crippen LogP contribution in [0.25, 0.3) is 0 Å². The molecule has 32 heavy (non-hydrogen) atoms. The quantitative estimate of drug-likeness (QED) is 0.574. The van der Waals surface area contributed by atoms with Gasteiger partial charge in [-0.25, -0.2) is 13.2 Å². The Morgan fingerprint density at radius 1 is 1.19 bits per heavy atom. The number of carbonyl (C=O) groups excluding carboxylic acids is 1. The van der Waals surface area contributed by atoms with Gasteiger partial charge in [0, 0.05) is 11.6 Å². The number of halogens is 2. The molecule has 172 valence electrons. The zero-order chi connectivity index (χ0) is 23.5. The fourth-order valence-electron chi connectivity index (χ4n) is 3.72. The summed E-state index contributed by atoms with van der Waals surface area (Å²) < 4.78 is 28.2. The Morgan fingerprint density at radius 3 is 2.50 bits per heavy atom. The third-order valence-electron chi connectivity index (χ3n) is 5.45. The van der Waals surface area contributed by atoms with Crippen molar-refractivity contribution in [2.75, 3.05) is 0 Å². The van der Waals surface area contributed by atoms with E-state index in [0.29, 0.717) is 6.42 Å². The lowest BCUT2D eigenvalue weighted by atomic mass is 9.95. The van der Waals surface area contributed by atoms with Crippen molar-refractivity contribution in [3.8, 4) is 0 Å². The number of carboxylic acid groups (broad SMARTS) is 1. The maximum absolute atomic E-state index is 13.5. The van der Waals surface area contributed by atoms with Crippen LogP contribution in [-0.2, 0) is 32.6 Å². The molecule has 1 heterocycles. The van der Waals surface area contributed by atoms with Gasteiger partial charge in [-0.3, -0.25) is 4.79 Å². The van der Waals surface area contributed by atoms with E-state index >= 15 is 0 Å². The number of sulfonamides is 1. The first-order valence-corrected chi connectivity index (χ1v) is 12.4. The summed E-state index contributed by atoms with van der Waals surface area (Å²) in [6.45, 7) is 1.88. The average molecular weight is 499 g/mol. The number of nitrogens with one attached hydrogen (secondary N) is 1. The van der Waals surface area contributed by atoms with E-state index < -0.39 is 34.0 Å². The molecular weight excluding hydrogens is 475 g/mol. The normalized spacial score (nSPS) is 17.4. The maximum Gasteiger partial charge on any atom is 0.326 e. The molecule has 7 nitrogen and oxygen atoms in total. The predicted molar refractivity (Wildman–Crippen MR) is 122 cm³/mol. The molecule has 0 aromatic heterocycles. The number of carbonyl (C=O) groups is 2. The van der Waals surface area contributed by atoms with Gasteiger partial charge in [0.1, 0.15) is 17.0 Å². The standard InChI is InChI=1S/C22H24Cl2N2O5S/c1-2-3-8-18(22(28)29)25-21(27)19-11-14-6-4-5-7-15(14)13-26(19)32(30,31)20-10-9-16(23)12-17(20)24/h4-7,9-10,12,18-19H,2-3,8,11,13H2,1H3,(H,25,27)(H,28,29)/t18?,19-/m0/s1. The van der Waals surface area contributed by atoms with E-state index in [0.717, 1.165) is 21.9 Å². The van der Waals surface area contributed by atoms with Crippen LogP contribution >= 0.6 is 23.2 Å². The van der Waals surface area contributed by atoms with Crippen LogP contribution in [0.4, 0.5) is 0 Å². The largest absolute Gasteiger partial charge is 0.480 e. The van der Waals surface area contributed by atoms with E-state index in [1.165, 1.54) is 18.2 Å². The van der Waals surface area contributed by atoms with Crippen molar-refractivity contribution < 1.29 is 23.1 Å². The van der Waals surface area contributed by atoms with Gasteiger partial charge in [-0.15, -0.1) is 0 Å². The number of unbranched alkanes of at least 4 members (excludes halogenated alkanes) is 1. The summed E-state index contributed by atoms with van der Waals surface area (Å²) in [6, 6.07) is 9.08. The van der Waals surface area contributed by atoms with Crippen LogP contribution in [0.5, 0.6) is 0 Å². The minimum absolute atomic E-state index is 0.0394. The zero-order valence-corrected chi connectivity index (χ0v) is 19.8. The highest BCUT2D eigenvalue weighted by molar-refractivity contribution is 7.89. The van der Waals surface area contributed by atoms with Crippen LogP contribution in [-0.4, -0.2) is 41.8 Å². The van der Waals surface area contributed by atoms with E-state index in [9.17, 15) is 23.1 Å². The molecular formula is C22H24Cl2N2O5S. The molecule has 1 aliphatic heterocycles. The molecule has 0 fully saturated rings. The van der Waals surface area contributed by atoms with Crippen LogP contribution in [0.15, 0.2) is 47.4 Å². The number of rotatable bonds is 8. The molecule has 0 aliphatic carbocycles. The van der Waals surface area contributed by atoms with Crippen molar-refractivity contribution in [3.63, 3.8) is 0 Å². The number of hydrogen-bond acceptors (Lipinski definition) is 4. The van der Waals surface area contributed by atoms with E-state index in [2.05, 4.69) is 5.32 Å². The summed E-state index contributed by atoms with van der Waals surface area (Å²) in [4.78, 5) is 24.6. The third kappa shape index (κ3) is 5.26. The highest BCUT2D eigenvalue weighted by Crippen LogP contribution is 2.33. The molecule has 1 amide bonds. The smallest absolute Gasteiger partial charge is 0.326 e. The van der Waals surface area contributed by atoms with Gasteiger partial charge >= 0.3 is 5.97 Å². The monoisotopic (exact) mass is 498 g/mol. The number of hydrogen-bond donors (Lipinski definition) is 2. The van der Waals surface area contributed by atoms with E-state index in [1.54, 1.807) is 12.1 Å². The Kier molecular flexibility index (Phi) is 7.82. The van der Waals surface area contributed by atoms with E-state index in [4.69, 9.17) is 23.2 Å². The molecule has 0 saturated carbocycles. The highest BCUT2D eigenvalue weighted by atomic mass is 35.5. The molecule has 2 N–H and O–H groups in total. The first-order valence-electron chi connectivity index (χ1n) is 10.2. The maximum atomic E-state index is 13.5. The van der Waals surface area contributed by atoms with E-state index in [1.807, 2.05) is 19.1 Å². The fourth-order valence-corrected chi connectivity index (χ4v) is 6.03. The molecule has 0 radical (unpaired) electrons. The van der Waals surface area contributed by atoms with Crippen LogP contribution in [0.1, 0.15) is 37.3 Å². The van der Waals surface area contributed by atoms with Gasteiger partial charge in [-0.1, -0.05) is 67.2 Å². The number of fused-ring (bicyclic) bond motifs is 1. The van der Waals surface area contributed by atoms with Crippen molar-refractivity contribution >= 4 is 45.1 Å². The Labute approximate surface area is 197 Å². The topological polar surface area (TPSA) is 104 Å². The number of aliphatic carboxylic acids is 1. The second-order valence-corrected chi connectivity index (χ2v) is 10.4. The van der Waals surface area contributed by atoms with Gasteiger partial charge in [-0.2, -0.15) is 4.31 Å². The summed E-state index contributed by atoms with van der Waals surface area (Å²) in [7, 11) is -4.18. The lowest BCUT2D eigenvalue weighted by Crippen LogP contribution is -2.55. The first kappa shape index (κ1) is 24.5. The van der Waals surface area contributed by atoms with Crippen LogP contribution in [0.3, 0.4) is 0 Å². The lowest BCUT2D eigenvalue weighted by Gasteiger charge is -2.35. The van der Waals surface area contributed by atoms with Gasteiger partial charge in [0.25, 0.3) is 0 Å². The van der Waals surface area contributed by atoms with Crippen molar-refractivity contribution in [1.82, 2.24) is 9.62 Å². The van der Waals surface area contributed by atoms with E-state index in [-0.39, 0.29) is 34.3 Å². The Morgan fingerprint density at radius 2 is 1.88 bits per heavy atom. The predicted octanol–water partition coefficient (Wildman–Crippen LogP) is 3.87. The van der Waals surface area contributed by atoms with Gasteiger partial charge in [-0.05, 0) is 42.2 Å². The second kappa shape index (κ2) is 10.2. The highest BCUT2D eigenvalue weighted by Gasteiger charge is 2.41.